The lowest BCUT2D eigenvalue weighted by Gasteiger charge is -2.19. The minimum atomic E-state index is -3.85. The van der Waals surface area contributed by atoms with Gasteiger partial charge in [0, 0.05) is 36.5 Å². The van der Waals surface area contributed by atoms with Crippen LogP contribution in [0.15, 0.2) is 47.4 Å². The number of amides is 1. The largest absolute Gasteiger partial charge is 0.322 e. The number of nitro benzene ring substituents is 1. The topological polar surface area (TPSA) is 110 Å². The summed E-state index contributed by atoms with van der Waals surface area (Å²) in [4.78, 5) is 22.5. The zero-order valence-electron chi connectivity index (χ0n) is 14.7. The third-order valence-electron chi connectivity index (χ3n) is 3.83. The zero-order valence-corrected chi connectivity index (χ0v) is 16.2. The van der Waals surface area contributed by atoms with E-state index in [2.05, 4.69) is 5.32 Å². The van der Waals surface area contributed by atoms with Crippen LogP contribution in [-0.2, 0) is 10.0 Å². The molecular formula is C17H18ClN3O5S. The lowest BCUT2D eigenvalue weighted by Crippen LogP contribution is -2.31. The van der Waals surface area contributed by atoms with E-state index in [-0.39, 0.29) is 39.9 Å². The number of benzene rings is 2. The second-order valence-electron chi connectivity index (χ2n) is 5.50. The molecule has 1 N–H and O–H groups in total. The Hall–Kier alpha value is -2.49. The first-order valence-corrected chi connectivity index (χ1v) is 9.88. The first-order valence-electron chi connectivity index (χ1n) is 8.06. The molecule has 0 aliphatic rings. The third kappa shape index (κ3) is 4.62. The van der Waals surface area contributed by atoms with Gasteiger partial charge in [-0.2, -0.15) is 4.31 Å². The number of carbonyl (C=O) groups is 1. The van der Waals surface area contributed by atoms with E-state index in [9.17, 15) is 23.3 Å². The molecule has 144 valence electrons. The molecule has 0 radical (unpaired) electrons. The fourth-order valence-corrected chi connectivity index (χ4v) is 4.40. The molecule has 2 aromatic rings. The van der Waals surface area contributed by atoms with Gasteiger partial charge in [-0.3, -0.25) is 14.9 Å². The standard InChI is InChI=1S/C17H18ClN3O5S/c1-3-20(4-2)27(25,26)16-10-12(8-9-15(16)18)17(22)19-13-6-5-7-14(11-13)21(23)24/h5-11H,3-4H2,1-2H3,(H,19,22). The van der Waals surface area contributed by atoms with Crippen molar-refractivity contribution in [3.8, 4) is 0 Å². The number of carbonyl (C=O) groups excluding carboxylic acids is 1. The van der Waals surface area contributed by atoms with Crippen molar-refractivity contribution < 1.29 is 18.1 Å². The van der Waals surface area contributed by atoms with E-state index >= 15 is 0 Å². The molecule has 0 unspecified atom stereocenters. The van der Waals surface area contributed by atoms with Crippen molar-refractivity contribution in [3.05, 3.63) is 63.2 Å². The van der Waals surface area contributed by atoms with Crippen LogP contribution in [0.3, 0.4) is 0 Å². The van der Waals surface area contributed by atoms with Gasteiger partial charge in [0.1, 0.15) is 4.90 Å². The molecule has 0 saturated carbocycles. The Morgan fingerprint density at radius 1 is 1.19 bits per heavy atom. The van der Waals surface area contributed by atoms with Crippen LogP contribution < -0.4 is 5.32 Å². The number of hydrogen-bond donors (Lipinski definition) is 1. The van der Waals surface area contributed by atoms with Crippen molar-refractivity contribution in [3.63, 3.8) is 0 Å². The van der Waals surface area contributed by atoms with Crippen LogP contribution in [0.1, 0.15) is 24.2 Å². The highest BCUT2D eigenvalue weighted by Gasteiger charge is 2.25. The van der Waals surface area contributed by atoms with E-state index in [1.54, 1.807) is 13.8 Å². The van der Waals surface area contributed by atoms with Crippen LogP contribution >= 0.6 is 11.6 Å². The molecule has 10 heteroatoms. The van der Waals surface area contributed by atoms with Gasteiger partial charge < -0.3 is 5.32 Å². The predicted octanol–water partition coefficient (Wildman–Crippen LogP) is 3.53. The monoisotopic (exact) mass is 411 g/mol. The van der Waals surface area contributed by atoms with Crippen LogP contribution in [0.25, 0.3) is 0 Å². The number of sulfonamides is 1. The highest BCUT2D eigenvalue weighted by atomic mass is 35.5. The molecule has 0 spiro atoms. The average molecular weight is 412 g/mol. The molecule has 2 aromatic carbocycles. The Balaban J connectivity index is 2.36. The van der Waals surface area contributed by atoms with Crippen molar-refractivity contribution in [1.82, 2.24) is 4.31 Å². The van der Waals surface area contributed by atoms with Gasteiger partial charge in [0.05, 0.1) is 9.95 Å². The second-order valence-corrected chi connectivity index (χ2v) is 7.81. The minimum Gasteiger partial charge on any atom is -0.322 e. The second kappa shape index (κ2) is 8.47. The molecular weight excluding hydrogens is 394 g/mol. The summed E-state index contributed by atoms with van der Waals surface area (Å²) in [6.07, 6.45) is 0. The van der Waals surface area contributed by atoms with Crippen molar-refractivity contribution in [1.29, 1.82) is 0 Å². The lowest BCUT2D eigenvalue weighted by atomic mass is 10.2. The zero-order chi connectivity index (χ0) is 20.2. The summed E-state index contributed by atoms with van der Waals surface area (Å²) in [6, 6.07) is 9.35. The van der Waals surface area contributed by atoms with Crippen LogP contribution in [0, 0.1) is 10.1 Å². The molecule has 0 aliphatic carbocycles. The molecule has 0 heterocycles. The predicted molar refractivity (Wildman–Crippen MR) is 103 cm³/mol. The summed E-state index contributed by atoms with van der Waals surface area (Å²) >= 11 is 6.05. The highest BCUT2D eigenvalue weighted by Crippen LogP contribution is 2.26. The van der Waals surface area contributed by atoms with Gasteiger partial charge in [0.25, 0.3) is 11.6 Å². The fraction of sp³-hybridized carbons (Fsp3) is 0.235. The van der Waals surface area contributed by atoms with Crippen LogP contribution in [-0.4, -0.2) is 36.6 Å². The molecule has 1 amide bonds. The number of non-ortho nitro benzene ring substituents is 1. The van der Waals surface area contributed by atoms with E-state index in [4.69, 9.17) is 11.6 Å². The summed E-state index contributed by atoms with van der Waals surface area (Å²) in [7, 11) is -3.85. The summed E-state index contributed by atoms with van der Waals surface area (Å²) in [6.45, 7) is 3.93. The number of anilines is 1. The number of rotatable bonds is 7. The Morgan fingerprint density at radius 2 is 1.85 bits per heavy atom. The maximum atomic E-state index is 12.7. The average Bonchev–Trinajstić information content (AvgIpc) is 2.62. The van der Waals surface area contributed by atoms with Crippen molar-refractivity contribution in [2.24, 2.45) is 0 Å². The molecule has 0 aliphatic heterocycles. The van der Waals surface area contributed by atoms with Crippen LogP contribution in [0.4, 0.5) is 11.4 Å². The SMILES string of the molecule is CCN(CC)S(=O)(=O)c1cc(C(=O)Nc2cccc([N+](=O)[O-])c2)ccc1Cl. The molecule has 0 atom stereocenters. The maximum absolute atomic E-state index is 12.7. The summed E-state index contributed by atoms with van der Waals surface area (Å²) in [5, 5.41) is 13.4. The maximum Gasteiger partial charge on any atom is 0.271 e. The molecule has 0 saturated heterocycles. The van der Waals surface area contributed by atoms with E-state index in [1.807, 2.05) is 0 Å². The van der Waals surface area contributed by atoms with E-state index in [0.29, 0.717) is 0 Å². The van der Waals surface area contributed by atoms with Gasteiger partial charge in [-0.15, -0.1) is 0 Å². The molecule has 27 heavy (non-hydrogen) atoms. The molecule has 0 fully saturated rings. The lowest BCUT2D eigenvalue weighted by molar-refractivity contribution is -0.384. The van der Waals surface area contributed by atoms with Gasteiger partial charge in [-0.25, -0.2) is 8.42 Å². The van der Waals surface area contributed by atoms with Crippen LogP contribution in [0.2, 0.25) is 5.02 Å². The molecule has 0 bridgehead atoms. The number of halogens is 1. The van der Waals surface area contributed by atoms with Gasteiger partial charge in [-0.1, -0.05) is 31.5 Å². The quantitative estimate of drug-likeness (QED) is 0.553. The van der Waals surface area contributed by atoms with Crippen molar-refractivity contribution in [2.75, 3.05) is 18.4 Å². The van der Waals surface area contributed by atoms with Gasteiger partial charge in [-0.05, 0) is 24.3 Å². The van der Waals surface area contributed by atoms with E-state index in [1.165, 1.54) is 46.8 Å². The van der Waals surface area contributed by atoms with Crippen molar-refractivity contribution >= 4 is 38.9 Å². The highest BCUT2D eigenvalue weighted by molar-refractivity contribution is 7.89. The van der Waals surface area contributed by atoms with Crippen LogP contribution in [0.5, 0.6) is 0 Å². The number of nitrogens with zero attached hydrogens (tertiary/aromatic N) is 2. The minimum absolute atomic E-state index is 0.00815. The summed E-state index contributed by atoms with van der Waals surface area (Å²) < 4.78 is 26.6. The fourth-order valence-electron chi connectivity index (χ4n) is 2.45. The van der Waals surface area contributed by atoms with E-state index < -0.39 is 20.9 Å². The summed E-state index contributed by atoms with van der Waals surface area (Å²) in [5.74, 6) is -0.608. The molecule has 0 aromatic heterocycles. The van der Waals surface area contributed by atoms with E-state index in [0.717, 1.165) is 0 Å². The Bertz CT molecular complexity index is 974. The van der Waals surface area contributed by atoms with Crippen molar-refractivity contribution in [2.45, 2.75) is 18.7 Å². The normalized spacial score (nSPS) is 11.4. The number of nitrogens with one attached hydrogen (secondary N) is 1. The van der Waals surface area contributed by atoms with Gasteiger partial charge in [0.2, 0.25) is 10.0 Å². The van der Waals surface area contributed by atoms with Gasteiger partial charge >= 0.3 is 0 Å². The number of nitro groups is 1. The first-order chi connectivity index (χ1) is 12.7. The van der Waals surface area contributed by atoms with Gasteiger partial charge in [0.15, 0.2) is 0 Å². The molecule has 2 rings (SSSR count). The number of hydrogen-bond acceptors (Lipinski definition) is 5. The summed E-state index contributed by atoms with van der Waals surface area (Å²) in [5.41, 5.74) is 0.114. The smallest absolute Gasteiger partial charge is 0.271 e. The Morgan fingerprint density at radius 3 is 2.44 bits per heavy atom. The Labute approximate surface area is 162 Å². The third-order valence-corrected chi connectivity index (χ3v) is 6.36. The molecule has 8 nitrogen and oxygen atoms in total. The Kier molecular flexibility index (Phi) is 6.53. The first kappa shape index (κ1) is 20.8.